The van der Waals surface area contributed by atoms with E-state index in [9.17, 15) is 0 Å². The number of benzene rings is 1. The smallest absolute Gasteiger partial charge is 0.121 e. The van der Waals surface area contributed by atoms with Crippen molar-refractivity contribution in [3.8, 4) is 17.9 Å². The van der Waals surface area contributed by atoms with Gasteiger partial charge in [-0.25, -0.2) is 0 Å². The molecule has 0 atom stereocenters. The summed E-state index contributed by atoms with van der Waals surface area (Å²) in [6.07, 6.45) is 0. The quantitative estimate of drug-likeness (QED) is 0.700. The van der Waals surface area contributed by atoms with E-state index >= 15 is 0 Å². The SMILES string of the molecule is CC(C)(C)Oc1ccc(C#N)c(C#N)c1. The molecule has 0 aliphatic rings. The summed E-state index contributed by atoms with van der Waals surface area (Å²) in [7, 11) is 0. The molecule has 3 nitrogen and oxygen atoms in total. The summed E-state index contributed by atoms with van der Waals surface area (Å²) in [4.78, 5) is 0. The van der Waals surface area contributed by atoms with E-state index < -0.39 is 0 Å². The van der Waals surface area contributed by atoms with Crippen LogP contribution < -0.4 is 4.74 Å². The van der Waals surface area contributed by atoms with Crippen molar-refractivity contribution >= 4 is 0 Å². The van der Waals surface area contributed by atoms with Crippen LogP contribution in [-0.4, -0.2) is 5.60 Å². The first-order valence-electron chi connectivity index (χ1n) is 4.59. The molecule has 0 spiro atoms. The first-order valence-corrected chi connectivity index (χ1v) is 4.59. The van der Waals surface area contributed by atoms with Crippen molar-refractivity contribution < 1.29 is 4.74 Å². The average Bonchev–Trinajstić information content (AvgIpc) is 2.15. The van der Waals surface area contributed by atoms with Crippen molar-refractivity contribution in [2.45, 2.75) is 26.4 Å². The van der Waals surface area contributed by atoms with Crippen LogP contribution in [0.3, 0.4) is 0 Å². The van der Waals surface area contributed by atoms with Gasteiger partial charge in [-0.05, 0) is 39.0 Å². The molecule has 1 aromatic carbocycles. The fraction of sp³-hybridized carbons (Fsp3) is 0.333. The lowest BCUT2D eigenvalue weighted by Crippen LogP contribution is -2.22. The van der Waals surface area contributed by atoms with E-state index in [-0.39, 0.29) is 5.60 Å². The summed E-state index contributed by atoms with van der Waals surface area (Å²) >= 11 is 0. The highest BCUT2D eigenvalue weighted by Gasteiger charge is 2.12. The Hall–Kier alpha value is -2.00. The van der Waals surface area contributed by atoms with Crippen LogP contribution in [-0.2, 0) is 0 Å². The molecule has 0 bridgehead atoms. The summed E-state index contributed by atoms with van der Waals surface area (Å²) in [5.41, 5.74) is 0.416. The first-order chi connectivity index (χ1) is 6.96. The second kappa shape index (κ2) is 4.02. The Labute approximate surface area is 89.5 Å². The van der Waals surface area contributed by atoms with Gasteiger partial charge in [-0.15, -0.1) is 0 Å². The molecule has 0 fully saturated rings. The maximum Gasteiger partial charge on any atom is 0.121 e. The fourth-order valence-corrected chi connectivity index (χ4v) is 1.13. The summed E-state index contributed by atoms with van der Waals surface area (Å²) in [5, 5.41) is 17.5. The molecule has 0 radical (unpaired) electrons. The van der Waals surface area contributed by atoms with Crippen LogP contribution >= 0.6 is 0 Å². The predicted octanol–water partition coefficient (Wildman–Crippen LogP) is 2.61. The van der Waals surface area contributed by atoms with E-state index in [2.05, 4.69) is 0 Å². The Kier molecular flexibility index (Phi) is 2.97. The molecule has 76 valence electrons. The number of nitrogens with zero attached hydrogens (tertiary/aromatic N) is 2. The Morgan fingerprint density at radius 1 is 1.07 bits per heavy atom. The largest absolute Gasteiger partial charge is 0.488 e. The molecule has 3 heteroatoms. The lowest BCUT2D eigenvalue weighted by Gasteiger charge is -2.21. The minimum absolute atomic E-state index is 0.305. The molecular weight excluding hydrogens is 188 g/mol. The van der Waals surface area contributed by atoms with Crippen molar-refractivity contribution in [1.29, 1.82) is 10.5 Å². The van der Waals surface area contributed by atoms with Gasteiger partial charge in [0.05, 0.1) is 11.1 Å². The van der Waals surface area contributed by atoms with Gasteiger partial charge in [-0.2, -0.15) is 10.5 Å². The van der Waals surface area contributed by atoms with Gasteiger partial charge in [0.1, 0.15) is 23.5 Å². The lowest BCUT2D eigenvalue weighted by atomic mass is 10.1. The minimum Gasteiger partial charge on any atom is -0.488 e. The van der Waals surface area contributed by atoms with Gasteiger partial charge in [0.15, 0.2) is 0 Å². The van der Waals surface area contributed by atoms with E-state index in [4.69, 9.17) is 15.3 Å². The average molecular weight is 200 g/mol. The first kappa shape index (κ1) is 11.1. The van der Waals surface area contributed by atoms with Crippen molar-refractivity contribution in [3.05, 3.63) is 29.3 Å². The van der Waals surface area contributed by atoms with Crippen LogP contribution in [0, 0.1) is 22.7 Å². The Morgan fingerprint density at radius 3 is 2.13 bits per heavy atom. The number of hydrogen-bond acceptors (Lipinski definition) is 3. The van der Waals surface area contributed by atoms with Gasteiger partial charge >= 0.3 is 0 Å². The van der Waals surface area contributed by atoms with E-state index in [0.717, 1.165) is 0 Å². The molecule has 0 heterocycles. The highest BCUT2D eigenvalue weighted by atomic mass is 16.5. The second-order valence-corrected chi connectivity index (χ2v) is 4.15. The Morgan fingerprint density at radius 2 is 1.67 bits per heavy atom. The molecular formula is C12H12N2O. The standard InChI is InChI=1S/C12H12N2O/c1-12(2,3)15-11-5-4-9(7-13)10(6-11)8-14/h4-6H,1-3H3. The number of rotatable bonds is 1. The molecule has 0 aliphatic carbocycles. The zero-order chi connectivity index (χ0) is 11.5. The molecule has 0 amide bonds. The van der Waals surface area contributed by atoms with E-state index in [1.165, 1.54) is 0 Å². The van der Waals surface area contributed by atoms with Gasteiger partial charge in [0, 0.05) is 0 Å². The van der Waals surface area contributed by atoms with Crippen LogP contribution in [0.5, 0.6) is 5.75 Å². The summed E-state index contributed by atoms with van der Waals surface area (Å²) in [6.45, 7) is 5.78. The van der Waals surface area contributed by atoms with Gasteiger partial charge in [-0.1, -0.05) is 0 Å². The van der Waals surface area contributed by atoms with Crippen LogP contribution in [0.4, 0.5) is 0 Å². The highest BCUT2D eigenvalue weighted by molar-refractivity contribution is 5.49. The van der Waals surface area contributed by atoms with Crippen molar-refractivity contribution in [1.82, 2.24) is 0 Å². The van der Waals surface area contributed by atoms with Gasteiger partial charge in [-0.3, -0.25) is 0 Å². The molecule has 0 aliphatic heterocycles. The third kappa shape index (κ3) is 3.00. The topological polar surface area (TPSA) is 56.8 Å². The van der Waals surface area contributed by atoms with Gasteiger partial charge in [0.25, 0.3) is 0 Å². The summed E-state index contributed by atoms with van der Waals surface area (Å²) < 4.78 is 5.58. The van der Waals surface area contributed by atoms with Crippen molar-refractivity contribution in [2.24, 2.45) is 0 Å². The van der Waals surface area contributed by atoms with Crippen LogP contribution in [0.2, 0.25) is 0 Å². The molecule has 0 saturated carbocycles. The summed E-state index contributed by atoms with van der Waals surface area (Å²) in [5.74, 6) is 0.609. The maximum absolute atomic E-state index is 8.82. The van der Waals surface area contributed by atoms with E-state index in [0.29, 0.717) is 16.9 Å². The Balaban J connectivity index is 3.07. The maximum atomic E-state index is 8.82. The van der Waals surface area contributed by atoms with E-state index in [1.807, 2.05) is 32.9 Å². The summed E-state index contributed by atoms with van der Waals surface area (Å²) in [6, 6.07) is 8.81. The zero-order valence-electron chi connectivity index (χ0n) is 9.03. The molecule has 0 unspecified atom stereocenters. The van der Waals surface area contributed by atoms with Gasteiger partial charge < -0.3 is 4.74 Å². The fourth-order valence-electron chi connectivity index (χ4n) is 1.13. The molecule has 1 rings (SSSR count). The Bertz CT molecular complexity index is 444. The molecule has 0 saturated heterocycles. The molecule has 15 heavy (non-hydrogen) atoms. The second-order valence-electron chi connectivity index (χ2n) is 4.15. The van der Waals surface area contributed by atoms with Crippen LogP contribution in [0.15, 0.2) is 18.2 Å². The van der Waals surface area contributed by atoms with E-state index in [1.54, 1.807) is 18.2 Å². The van der Waals surface area contributed by atoms with Crippen LogP contribution in [0.1, 0.15) is 31.9 Å². The highest BCUT2D eigenvalue weighted by Crippen LogP contribution is 2.21. The number of nitriles is 2. The monoisotopic (exact) mass is 200 g/mol. The third-order valence-corrected chi connectivity index (χ3v) is 1.66. The lowest BCUT2D eigenvalue weighted by molar-refractivity contribution is 0.131. The van der Waals surface area contributed by atoms with Crippen molar-refractivity contribution in [3.63, 3.8) is 0 Å². The number of hydrogen-bond donors (Lipinski definition) is 0. The molecule has 0 N–H and O–H groups in total. The third-order valence-electron chi connectivity index (χ3n) is 1.66. The normalized spacial score (nSPS) is 10.2. The van der Waals surface area contributed by atoms with Gasteiger partial charge in [0.2, 0.25) is 0 Å². The minimum atomic E-state index is -0.305. The number of ether oxygens (including phenoxy) is 1. The predicted molar refractivity (Wildman–Crippen MR) is 56.3 cm³/mol. The molecule has 1 aromatic rings. The van der Waals surface area contributed by atoms with Crippen LogP contribution in [0.25, 0.3) is 0 Å². The zero-order valence-corrected chi connectivity index (χ0v) is 9.03. The van der Waals surface area contributed by atoms with Crippen molar-refractivity contribution in [2.75, 3.05) is 0 Å². The molecule has 0 aromatic heterocycles.